The van der Waals surface area contributed by atoms with E-state index in [1.54, 1.807) is 0 Å². The average Bonchev–Trinajstić information content (AvgIpc) is 3.39. The highest BCUT2D eigenvalue weighted by Crippen LogP contribution is 2.21. The number of likely N-dealkylation sites (tertiary alicyclic amines) is 1. The number of nitrogens with zero attached hydrogens (tertiary/aromatic N) is 1. The van der Waals surface area contributed by atoms with Crippen LogP contribution in [0.5, 0.6) is 0 Å². The number of carboxylic acid groups (broad SMARTS) is 2. The van der Waals surface area contributed by atoms with Crippen LogP contribution in [0.2, 0.25) is 0 Å². The summed E-state index contributed by atoms with van der Waals surface area (Å²) in [6.07, 6.45) is 1.80. The number of hydrogen-bond donors (Lipinski definition) is 6. The number of carbonyl (C=O) groups excluding carboxylic acids is 3. The third-order valence-corrected chi connectivity index (χ3v) is 5.27. The highest BCUT2D eigenvalue weighted by Gasteiger charge is 2.39. The number of amides is 3. The second-order valence-electron chi connectivity index (χ2n) is 7.41. The summed E-state index contributed by atoms with van der Waals surface area (Å²) in [7, 11) is 0. The van der Waals surface area contributed by atoms with E-state index in [-0.39, 0.29) is 18.4 Å². The van der Waals surface area contributed by atoms with Crippen LogP contribution in [0, 0.1) is 0 Å². The third kappa shape index (κ3) is 6.13. The summed E-state index contributed by atoms with van der Waals surface area (Å²) < 4.78 is 0. The number of aliphatic carboxylic acids is 2. The van der Waals surface area contributed by atoms with Gasteiger partial charge in [-0.1, -0.05) is 0 Å². The van der Waals surface area contributed by atoms with Crippen LogP contribution in [0.3, 0.4) is 0 Å². The zero-order valence-electron chi connectivity index (χ0n) is 16.5. The summed E-state index contributed by atoms with van der Waals surface area (Å²) in [5.41, 5.74) is 0. The largest absolute Gasteiger partial charge is 0.481 e. The molecule has 4 unspecified atom stereocenters. The van der Waals surface area contributed by atoms with E-state index >= 15 is 0 Å². The van der Waals surface area contributed by atoms with E-state index in [1.165, 1.54) is 4.90 Å². The van der Waals surface area contributed by atoms with Crippen molar-refractivity contribution in [3.63, 3.8) is 0 Å². The zero-order valence-corrected chi connectivity index (χ0v) is 16.5. The Labute approximate surface area is 173 Å². The molecule has 2 heterocycles. The first kappa shape index (κ1) is 23.5. The van der Waals surface area contributed by atoms with Gasteiger partial charge in [0, 0.05) is 13.0 Å². The first-order valence-corrected chi connectivity index (χ1v) is 9.94. The molecule has 12 heteroatoms. The quantitative estimate of drug-likeness (QED) is 0.221. The SMILES string of the molecule is O=C(O)CCC(NC(=O)C(CO)NC(=O)C1CCCN1C(=O)C1CCCN1)C(=O)O. The van der Waals surface area contributed by atoms with Crippen molar-refractivity contribution in [1.29, 1.82) is 0 Å². The van der Waals surface area contributed by atoms with Gasteiger partial charge in [-0.2, -0.15) is 0 Å². The fourth-order valence-electron chi connectivity index (χ4n) is 3.66. The second kappa shape index (κ2) is 10.9. The van der Waals surface area contributed by atoms with E-state index in [0.717, 1.165) is 13.0 Å². The van der Waals surface area contributed by atoms with Gasteiger partial charge in [-0.25, -0.2) is 4.79 Å². The molecule has 0 aromatic rings. The monoisotopic (exact) mass is 428 g/mol. The van der Waals surface area contributed by atoms with Crippen LogP contribution in [0.1, 0.15) is 38.5 Å². The molecule has 30 heavy (non-hydrogen) atoms. The first-order chi connectivity index (χ1) is 14.2. The Kier molecular flexibility index (Phi) is 8.54. The minimum atomic E-state index is -1.47. The van der Waals surface area contributed by atoms with Crippen LogP contribution < -0.4 is 16.0 Å². The van der Waals surface area contributed by atoms with Crippen molar-refractivity contribution < 1.29 is 39.3 Å². The number of rotatable bonds is 10. The molecule has 0 aliphatic carbocycles. The number of aliphatic hydroxyl groups excluding tert-OH is 1. The maximum Gasteiger partial charge on any atom is 0.326 e. The number of carbonyl (C=O) groups is 5. The van der Waals surface area contributed by atoms with Gasteiger partial charge in [0.2, 0.25) is 17.7 Å². The number of aliphatic hydroxyl groups is 1. The van der Waals surface area contributed by atoms with E-state index in [2.05, 4.69) is 16.0 Å². The summed E-state index contributed by atoms with van der Waals surface area (Å²) in [5.74, 6) is -4.37. The van der Waals surface area contributed by atoms with Crippen LogP contribution >= 0.6 is 0 Å². The van der Waals surface area contributed by atoms with Crippen molar-refractivity contribution in [3.8, 4) is 0 Å². The molecule has 4 atom stereocenters. The minimum absolute atomic E-state index is 0.172. The predicted octanol–water partition coefficient (Wildman–Crippen LogP) is -2.36. The highest BCUT2D eigenvalue weighted by atomic mass is 16.4. The topological polar surface area (TPSA) is 185 Å². The Balaban J connectivity index is 1.96. The molecule has 0 saturated carbocycles. The van der Waals surface area contributed by atoms with Crippen LogP contribution in [0.15, 0.2) is 0 Å². The third-order valence-electron chi connectivity index (χ3n) is 5.27. The Morgan fingerprint density at radius 2 is 1.77 bits per heavy atom. The Morgan fingerprint density at radius 1 is 1.03 bits per heavy atom. The Hall–Kier alpha value is -2.73. The molecular weight excluding hydrogens is 400 g/mol. The van der Waals surface area contributed by atoms with Gasteiger partial charge in [0.1, 0.15) is 18.1 Å². The Bertz CT molecular complexity index is 679. The summed E-state index contributed by atoms with van der Waals surface area (Å²) in [5, 5.41) is 34.9. The molecule has 3 amide bonds. The van der Waals surface area contributed by atoms with Gasteiger partial charge in [0.15, 0.2) is 0 Å². The summed E-state index contributed by atoms with van der Waals surface area (Å²) in [6.45, 7) is 0.371. The predicted molar refractivity (Wildman–Crippen MR) is 101 cm³/mol. The van der Waals surface area contributed by atoms with Gasteiger partial charge in [0.05, 0.1) is 12.6 Å². The van der Waals surface area contributed by atoms with E-state index in [4.69, 9.17) is 10.2 Å². The van der Waals surface area contributed by atoms with E-state index in [1.807, 2.05) is 0 Å². The lowest BCUT2D eigenvalue weighted by molar-refractivity contribution is -0.144. The standard InChI is InChI=1S/C18H28N4O8/c23-9-12(15(26)20-11(18(29)30)5-6-14(24)25)21-16(27)13-4-2-8-22(13)17(28)10-3-1-7-19-10/h10-13,19,23H,1-9H2,(H,20,26)(H,21,27)(H,24,25)(H,29,30). The summed E-state index contributed by atoms with van der Waals surface area (Å²) >= 11 is 0. The van der Waals surface area contributed by atoms with Crippen molar-refractivity contribution >= 4 is 29.7 Å². The summed E-state index contributed by atoms with van der Waals surface area (Å²) in [6, 6.07) is -4.01. The molecule has 0 radical (unpaired) electrons. The first-order valence-electron chi connectivity index (χ1n) is 9.94. The second-order valence-corrected chi connectivity index (χ2v) is 7.41. The number of hydrogen-bond acceptors (Lipinski definition) is 7. The van der Waals surface area contributed by atoms with Crippen molar-refractivity contribution in [2.45, 2.75) is 62.7 Å². The summed E-state index contributed by atoms with van der Waals surface area (Å²) in [4.78, 5) is 61.0. The van der Waals surface area contributed by atoms with Crippen LogP contribution in [0.25, 0.3) is 0 Å². The molecule has 0 aromatic carbocycles. The van der Waals surface area contributed by atoms with Crippen molar-refractivity contribution in [3.05, 3.63) is 0 Å². The van der Waals surface area contributed by atoms with Gasteiger partial charge < -0.3 is 36.2 Å². The number of carboxylic acids is 2. The zero-order chi connectivity index (χ0) is 22.3. The van der Waals surface area contributed by atoms with Crippen LogP contribution in [-0.2, 0) is 24.0 Å². The molecule has 0 aromatic heterocycles. The van der Waals surface area contributed by atoms with E-state index in [0.29, 0.717) is 25.8 Å². The van der Waals surface area contributed by atoms with Crippen molar-refractivity contribution in [2.24, 2.45) is 0 Å². The smallest absolute Gasteiger partial charge is 0.326 e. The van der Waals surface area contributed by atoms with Gasteiger partial charge in [-0.3, -0.25) is 19.2 Å². The van der Waals surface area contributed by atoms with Crippen LogP contribution in [0.4, 0.5) is 0 Å². The Morgan fingerprint density at radius 3 is 2.33 bits per heavy atom. The molecule has 2 aliphatic rings. The molecule has 2 saturated heterocycles. The molecule has 2 rings (SSSR count). The lowest BCUT2D eigenvalue weighted by atomic mass is 10.1. The molecule has 6 N–H and O–H groups in total. The van der Waals surface area contributed by atoms with E-state index in [9.17, 15) is 29.1 Å². The van der Waals surface area contributed by atoms with Crippen LogP contribution in [-0.4, -0.2) is 93.7 Å². The molecule has 0 bridgehead atoms. The van der Waals surface area contributed by atoms with Gasteiger partial charge in [0.25, 0.3) is 0 Å². The molecule has 2 aliphatic heterocycles. The molecule has 2 fully saturated rings. The maximum atomic E-state index is 12.7. The normalized spacial score (nSPS) is 22.9. The molecule has 0 spiro atoms. The molecule has 12 nitrogen and oxygen atoms in total. The lowest BCUT2D eigenvalue weighted by Gasteiger charge is -2.28. The lowest BCUT2D eigenvalue weighted by Crippen LogP contribution is -2.57. The van der Waals surface area contributed by atoms with Gasteiger partial charge in [-0.15, -0.1) is 0 Å². The minimum Gasteiger partial charge on any atom is -0.481 e. The van der Waals surface area contributed by atoms with Crippen molar-refractivity contribution in [1.82, 2.24) is 20.9 Å². The average molecular weight is 428 g/mol. The fraction of sp³-hybridized carbons (Fsp3) is 0.722. The van der Waals surface area contributed by atoms with Gasteiger partial charge in [-0.05, 0) is 38.6 Å². The maximum absolute atomic E-state index is 12.7. The fourth-order valence-corrected chi connectivity index (χ4v) is 3.66. The van der Waals surface area contributed by atoms with Crippen molar-refractivity contribution in [2.75, 3.05) is 19.7 Å². The van der Waals surface area contributed by atoms with Gasteiger partial charge >= 0.3 is 11.9 Å². The van der Waals surface area contributed by atoms with E-state index < -0.39 is 54.9 Å². The molecule has 168 valence electrons. The number of nitrogens with one attached hydrogen (secondary N) is 3. The highest BCUT2D eigenvalue weighted by molar-refractivity contribution is 5.94. The molecular formula is C18H28N4O8.